The Labute approximate surface area is 163 Å². The lowest BCUT2D eigenvalue weighted by molar-refractivity contribution is -0.148. The maximum Gasteiger partial charge on any atom is 0.341 e. The van der Waals surface area contributed by atoms with E-state index in [-0.39, 0.29) is 6.61 Å². The van der Waals surface area contributed by atoms with Crippen molar-refractivity contribution >= 4 is 17.7 Å². The van der Waals surface area contributed by atoms with Crippen LogP contribution in [-0.4, -0.2) is 31.9 Å². The molecule has 0 aromatic heterocycles. The Morgan fingerprint density at radius 2 is 1.79 bits per heavy atom. The number of methoxy groups -OCH3 is 2. The summed E-state index contributed by atoms with van der Waals surface area (Å²) in [5, 5.41) is 2.76. The second kappa shape index (κ2) is 8.56. The third-order valence-electron chi connectivity index (χ3n) is 4.61. The molecule has 2 unspecified atom stereocenters. The third-order valence-corrected chi connectivity index (χ3v) is 4.61. The molecule has 0 spiro atoms. The van der Waals surface area contributed by atoms with Crippen LogP contribution in [0.3, 0.4) is 0 Å². The van der Waals surface area contributed by atoms with Gasteiger partial charge in [0.05, 0.1) is 20.3 Å². The van der Waals surface area contributed by atoms with Crippen LogP contribution < -0.4 is 14.8 Å². The first kappa shape index (κ1) is 19.4. The van der Waals surface area contributed by atoms with Crippen LogP contribution in [0.15, 0.2) is 53.5 Å². The number of carbonyl (C=O) groups is 2. The fraction of sp³-hybridized carbons (Fsp3) is 0.286. The number of carbonyl (C=O) groups excluding carboxylic acids is 2. The average molecular weight is 382 g/mol. The first-order valence-corrected chi connectivity index (χ1v) is 8.81. The molecule has 3 rings (SSSR count). The molecule has 1 aliphatic heterocycles. The Morgan fingerprint density at radius 1 is 1.07 bits per heavy atom. The third kappa shape index (κ3) is 4.14. The van der Waals surface area contributed by atoms with Gasteiger partial charge in [0.15, 0.2) is 0 Å². The van der Waals surface area contributed by atoms with Crippen LogP contribution in [0.5, 0.6) is 11.5 Å². The number of nitrogens with one attached hydrogen (secondary N) is 1. The first-order chi connectivity index (χ1) is 13.5. The summed E-state index contributed by atoms with van der Waals surface area (Å²) >= 11 is 0. The molecule has 0 saturated heterocycles. The van der Waals surface area contributed by atoms with Gasteiger partial charge in [-0.1, -0.05) is 30.3 Å². The minimum atomic E-state index is -0.743. The molecule has 0 saturated carbocycles. The van der Waals surface area contributed by atoms with E-state index in [1.807, 2.05) is 30.3 Å². The van der Waals surface area contributed by atoms with Crippen LogP contribution in [-0.2, 0) is 16.1 Å². The summed E-state index contributed by atoms with van der Waals surface area (Å²) in [6.45, 7) is 1.76. The molecule has 2 atom stereocenters. The Kier molecular flexibility index (Phi) is 5.93. The van der Waals surface area contributed by atoms with Crippen molar-refractivity contribution in [3.63, 3.8) is 0 Å². The van der Waals surface area contributed by atoms with Gasteiger partial charge < -0.3 is 19.5 Å². The van der Waals surface area contributed by atoms with Crippen molar-refractivity contribution in [3.8, 4) is 11.5 Å². The van der Waals surface area contributed by atoms with Crippen LogP contribution in [0, 0.1) is 5.92 Å². The molecular formula is C21H22N2O5. The minimum absolute atomic E-state index is 0.110. The zero-order valence-electron chi connectivity index (χ0n) is 16.0. The summed E-state index contributed by atoms with van der Waals surface area (Å²) in [5.74, 6) is 0.0972. The topological polar surface area (TPSA) is 86.2 Å². The van der Waals surface area contributed by atoms with Crippen molar-refractivity contribution in [3.05, 3.63) is 59.7 Å². The Morgan fingerprint density at radius 3 is 2.46 bits per heavy atom. The molecule has 28 heavy (non-hydrogen) atoms. The lowest BCUT2D eigenvalue weighted by Crippen LogP contribution is -2.44. The molecule has 1 heterocycles. The number of para-hydroxylation sites is 1. The van der Waals surface area contributed by atoms with Crippen molar-refractivity contribution in [1.82, 2.24) is 5.32 Å². The smallest absolute Gasteiger partial charge is 0.341 e. The normalized spacial score (nSPS) is 18.7. The highest BCUT2D eigenvalue weighted by Gasteiger charge is 2.39. The first-order valence-electron chi connectivity index (χ1n) is 8.81. The van der Waals surface area contributed by atoms with Crippen molar-refractivity contribution in [1.29, 1.82) is 0 Å². The van der Waals surface area contributed by atoms with Gasteiger partial charge in [0.1, 0.15) is 24.0 Å². The molecule has 2 aromatic carbocycles. The SMILES string of the molecule is COc1ccc(COC(=O)C2C(C)=NC(=O)NC2c2ccccc2OC)cc1. The number of rotatable bonds is 6. The van der Waals surface area contributed by atoms with Gasteiger partial charge in [-0.3, -0.25) is 4.79 Å². The van der Waals surface area contributed by atoms with Crippen molar-refractivity contribution in [2.75, 3.05) is 14.2 Å². The lowest BCUT2D eigenvalue weighted by atomic mass is 9.88. The number of esters is 1. The van der Waals surface area contributed by atoms with E-state index in [0.717, 1.165) is 11.3 Å². The molecular weight excluding hydrogens is 360 g/mol. The summed E-state index contributed by atoms with van der Waals surface area (Å²) in [7, 11) is 3.13. The molecule has 1 aliphatic rings. The number of hydrogen-bond acceptors (Lipinski definition) is 5. The second-order valence-electron chi connectivity index (χ2n) is 6.36. The maximum atomic E-state index is 12.9. The van der Waals surface area contributed by atoms with E-state index in [2.05, 4.69) is 10.3 Å². The van der Waals surface area contributed by atoms with Crippen LogP contribution in [0.1, 0.15) is 24.1 Å². The Hall–Kier alpha value is -3.35. The lowest BCUT2D eigenvalue weighted by Gasteiger charge is -2.30. The van der Waals surface area contributed by atoms with Crippen LogP contribution in [0.4, 0.5) is 4.79 Å². The summed E-state index contributed by atoms with van der Waals surface area (Å²) < 4.78 is 16.0. The summed E-state index contributed by atoms with van der Waals surface area (Å²) in [6, 6.07) is 13.4. The van der Waals surface area contributed by atoms with Gasteiger partial charge in [-0.15, -0.1) is 0 Å². The molecule has 146 valence electrons. The summed E-state index contributed by atoms with van der Waals surface area (Å²) in [6.07, 6.45) is 0. The standard InChI is InChI=1S/C21H22N2O5/c1-13-18(20(24)28-12-14-8-10-15(26-2)11-9-14)19(23-21(25)22-13)16-6-4-5-7-17(16)27-3/h4-11,18-19H,12H2,1-3H3,(H,23,25). The van der Waals surface area contributed by atoms with Crippen LogP contribution >= 0.6 is 0 Å². The number of hydrogen-bond donors (Lipinski definition) is 1. The average Bonchev–Trinajstić information content (AvgIpc) is 2.71. The summed E-state index contributed by atoms with van der Waals surface area (Å²) in [4.78, 5) is 28.7. The van der Waals surface area contributed by atoms with Gasteiger partial charge in [-0.2, -0.15) is 0 Å². The van der Waals surface area contributed by atoms with E-state index in [0.29, 0.717) is 17.0 Å². The minimum Gasteiger partial charge on any atom is -0.497 e. The van der Waals surface area contributed by atoms with E-state index >= 15 is 0 Å². The predicted molar refractivity (Wildman–Crippen MR) is 104 cm³/mol. The number of aliphatic imine (C=N–C) groups is 1. The number of ether oxygens (including phenoxy) is 3. The zero-order chi connectivity index (χ0) is 20.1. The molecule has 2 amide bonds. The molecule has 0 fully saturated rings. The van der Waals surface area contributed by atoms with E-state index in [1.165, 1.54) is 0 Å². The van der Waals surface area contributed by atoms with E-state index in [9.17, 15) is 9.59 Å². The van der Waals surface area contributed by atoms with E-state index < -0.39 is 24.0 Å². The molecule has 2 aromatic rings. The van der Waals surface area contributed by atoms with Gasteiger partial charge in [0.25, 0.3) is 0 Å². The fourth-order valence-corrected chi connectivity index (χ4v) is 3.17. The Bertz CT molecular complexity index is 892. The molecule has 7 nitrogen and oxygen atoms in total. The van der Waals surface area contributed by atoms with Crippen molar-refractivity contribution < 1.29 is 23.8 Å². The fourth-order valence-electron chi connectivity index (χ4n) is 3.17. The number of benzene rings is 2. The van der Waals surface area contributed by atoms with Gasteiger partial charge >= 0.3 is 12.0 Å². The molecule has 0 bridgehead atoms. The van der Waals surface area contributed by atoms with E-state index in [4.69, 9.17) is 14.2 Å². The van der Waals surface area contributed by atoms with Gasteiger partial charge in [-0.05, 0) is 30.7 Å². The number of amides is 2. The van der Waals surface area contributed by atoms with E-state index in [1.54, 1.807) is 39.3 Å². The predicted octanol–water partition coefficient (Wildman–Crippen LogP) is 3.29. The highest BCUT2D eigenvalue weighted by atomic mass is 16.5. The molecule has 1 N–H and O–H groups in total. The maximum absolute atomic E-state index is 12.9. The number of urea groups is 1. The van der Waals surface area contributed by atoms with Crippen LogP contribution in [0.2, 0.25) is 0 Å². The second-order valence-corrected chi connectivity index (χ2v) is 6.36. The molecule has 0 aliphatic carbocycles. The highest BCUT2D eigenvalue weighted by Crippen LogP contribution is 2.33. The number of nitrogens with zero attached hydrogens (tertiary/aromatic N) is 1. The quantitative estimate of drug-likeness (QED) is 0.775. The van der Waals surface area contributed by atoms with Gasteiger partial charge in [-0.25, -0.2) is 9.79 Å². The van der Waals surface area contributed by atoms with Crippen molar-refractivity contribution in [2.45, 2.75) is 19.6 Å². The molecule has 7 heteroatoms. The van der Waals surface area contributed by atoms with Gasteiger partial charge in [0, 0.05) is 11.3 Å². The Balaban J connectivity index is 1.81. The zero-order valence-corrected chi connectivity index (χ0v) is 16.0. The van der Waals surface area contributed by atoms with Gasteiger partial charge in [0.2, 0.25) is 0 Å². The molecule has 0 radical (unpaired) electrons. The van der Waals surface area contributed by atoms with Crippen LogP contribution in [0.25, 0.3) is 0 Å². The van der Waals surface area contributed by atoms with Crippen molar-refractivity contribution in [2.24, 2.45) is 10.9 Å². The monoisotopic (exact) mass is 382 g/mol. The largest absolute Gasteiger partial charge is 0.497 e. The summed E-state index contributed by atoms with van der Waals surface area (Å²) in [5.41, 5.74) is 1.93. The highest BCUT2D eigenvalue weighted by molar-refractivity contribution is 6.08.